The van der Waals surface area contributed by atoms with Gasteiger partial charge in [-0.25, -0.2) is 13.2 Å². The molecule has 4 rings (SSSR count). The van der Waals surface area contributed by atoms with E-state index in [1.54, 1.807) is 37.3 Å². The third-order valence-electron chi connectivity index (χ3n) is 7.51. The number of carbonyl (C=O) groups is 1. The fraction of sp³-hybridized carbons (Fsp3) is 0.462. The van der Waals surface area contributed by atoms with Crippen LogP contribution in [0.5, 0.6) is 5.75 Å². The summed E-state index contributed by atoms with van der Waals surface area (Å²) in [5, 5.41) is 9.15. The molecule has 0 aromatic heterocycles. The summed E-state index contributed by atoms with van der Waals surface area (Å²) in [7, 11) is -1.53. The highest BCUT2D eigenvalue weighted by Crippen LogP contribution is 2.51. The van der Waals surface area contributed by atoms with Gasteiger partial charge in [0.1, 0.15) is 23.9 Å². The van der Waals surface area contributed by atoms with Gasteiger partial charge < -0.3 is 10.5 Å². The Morgan fingerprint density at radius 1 is 1.23 bits per heavy atom. The topological polar surface area (TPSA) is 122 Å². The van der Waals surface area contributed by atoms with Gasteiger partial charge >= 0.3 is 5.91 Å². The molecule has 2 atom stereocenters. The number of fused-ring (bicyclic) bond motifs is 1. The summed E-state index contributed by atoms with van der Waals surface area (Å²) < 4.78 is 33.0. The average molecular weight is 498 g/mol. The molecular weight excluding hydrogens is 464 g/mol. The van der Waals surface area contributed by atoms with Crippen LogP contribution in [0.3, 0.4) is 0 Å². The minimum atomic E-state index is -3.46. The van der Waals surface area contributed by atoms with E-state index in [4.69, 9.17) is 15.7 Å². The monoisotopic (exact) mass is 497 g/mol. The number of quaternary nitrogens is 1. The molecule has 1 heterocycles. The van der Waals surface area contributed by atoms with Crippen molar-refractivity contribution < 1.29 is 22.4 Å². The lowest BCUT2D eigenvalue weighted by Crippen LogP contribution is -2.56. The number of ether oxygens (including phenoxy) is 1. The van der Waals surface area contributed by atoms with Crippen LogP contribution in [-0.4, -0.2) is 43.8 Å². The number of carbonyl (C=O) groups excluding carboxylic acids is 1. The minimum Gasteiger partial charge on any atom is -0.486 e. The molecule has 3 N–H and O–H groups in total. The van der Waals surface area contributed by atoms with Crippen LogP contribution < -0.4 is 15.2 Å². The highest BCUT2D eigenvalue weighted by atomic mass is 32.2. The van der Waals surface area contributed by atoms with E-state index in [9.17, 15) is 13.2 Å². The van der Waals surface area contributed by atoms with Crippen LogP contribution in [0.25, 0.3) is 0 Å². The summed E-state index contributed by atoms with van der Waals surface area (Å²) >= 11 is 0. The van der Waals surface area contributed by atoms with Crippen molar-refractivity contribution >= 4 is 21.6 Å². The van der Waals surface area contributed by atoms with Gasteiger partial charge in [-0.3, -0.25) is 9.21 Å². The maximum Gasteiger partial charge on any atom is 0.311 e. The molecule has 0 radical (unpaired) electrons. The van der Waals surface area contributed by atoms with E-state index in [2.05, 4.69) is 10.8 Å². The molecule has 1 saturated carbocycles. The van der Waals surface area contributed by atoms with Gasteiger partial charge in [-0.2, -0.15) is 5.26 Å². The first-order valence-corrected chi connectivity index (χ1v) is 13.7. The summed E-state index contributed by atoms with van der Waals surface area (Å²) in [6.45, 7) is 2.03. The number of nitriles is 1. The van der Waals surface area contributed by atoms with Crippen LogP contribution in [-0.2, 0) is 21.4 Å². The third-order valence-corrected chi connectivity index (χ3v) is 8.11. The number of amides is 1. The van der Waals surface area contributed by atoms with Gasteiger partial charge in [0.25, 0.3) is 0 Å². The van der Waals surface area contributed by atoms with Crippen LogP contribution in [0.15, 0.2) is 42.5 Å². The summed E-state index contributed by atoms with van der Waals surface area (Å²) in [6, 6.07) is 14.6. The van der Waals surface area contributed by atoms with Crippen molar-refractivity contribution in [3.63, 3.8) is 0 Å². The molecule has 8 nitrogen and oxygen atoms in total. The number of nitrogens with two attached hydrogens (primary N) is 1. The van der Waals surface area contributed by atoms with Crippen molar-refractivity contribution in [2.45, 2.75) is 63.3 Å². The second-order valence-corrected chi connectivity index (χ2v) is 12.0. The maximum absolute atomic E-state index is 13.3. The van der Waals surface area contributed by atoms with Crippen molar-refractivity contribution in [1.29, 1.82) is 5.26 Å². The van der Waals surface area contributed by atoms with Crippen molar-refractivity contribution in [1.82, 2.24) is 0 Å². The lowest BCUT2D eigenvalue weighted by molar-refractivity contribution is -0.881. The molecule has 1 aliphatic carbocycles. The Morgan fingerprint density at radius 3 is 2.46 bits per heavy atom. The fourth-order valence-corrected chi connectivity index (χ4v) is 5.96. The molecule has 9 heteroatoms. The molecule has 1 amide bonds. The molecular formula is C26H33N4O4S+. The third kappa shape index (κ3) is 5.35. The van der Waals surface area contributed by atoms with Crippen LogP contribution in [0.2, 0.25) is 0 Å². The lowest BCUT2D eigenvalue weighted by Gasteiger charge is -2.49. The number of benzene rings is 2. The Bertz CT molecular complexity index is 1260. The summed E-state index contributed by atoms with van der Waals surface area (Å²) in [4.78, 5) is 13.3. The van der Waals surface area contributed by atoms with E-state index in [0.717, 1.165) is 43.1 Å². The number of anilines is 1. The first-order chi connectivity index (χ1) is 16.4. The molecule has 2 aromatic rings. The molecule has 0 saturated heterocycles. The summed E-state index contributed by atoms with van der Waals surface area (Å²) in [6.07, 6.45) is 5.07. The number of nitrogens with zero attached hydrogens (tertiary/aromatic N) is 2. The van der Waals surface area contributed by atoms with Crippen LogP contribution in [0.4, 0.5) is 5.69 Å². The quantitative estimate of drug-likeness (QED) is 0.609. The molecule has 1 spiro atoms. The molecule has 0 bridgehead atoms. The Labute approximate surface area is 207 Å². The summed E-state index contributed by atoms with van der Waals surface area (Å²) in [5.74, 6) is 0.678. The van der Waals surface area contributed by atoms with Gasteiger partial charge in [0, 0.05) is 23.7 Å². The van der Waals surface area contributed by atoms with Crippen molar-refractivity contribution in [3.05, 3.63) is 59.2 Å². The van der Waals surface area contributed by atoms with E-state index in [1.807, 2.05) is 19.2 Å². The minimum absolute atomic E-state index is 0.00338. The largest absolute Gasteiger partial charge is 0.486 e. The average Bonchev–Trinajstić information content (AvgIpc) is 2.80. The Hall–Kier alpha value is -2.93. The second-order valence-electron chi connectivity index (χ2n) is 10.2. The SMILES string of the molecule is CC(=O)[N+](C)(Cc1ccc(C#N)cc1)C1CC2(CCC(N)CC2)Oc2ccc(NS(C)(=O)=O)cc21. The molecule has 35 heavy (non-hydrogen) atoms. The van der Waals surface area contributed by atoms with Crippen LogP contribution >= 0.6 is 0 Å². The van der Waals surface area contributed by atoms with Gasteiger partial charge in [-0.05, 0) is 56.0 Å². The molecule has 2 aromatic carbocycles. The van der Waals surface area contributed by atoms with Gasteiger partial charge in [0.05, 0.1) is 37.4 Å². The lowest BCUT2D eigenvalue weighted by atomic mass is 9.74. The van der Waals surface area contributed by atoms with Gasteiger partial charge in [-0.15, -0.1) is 0 Å². The molecule has 1 aliphatic heterocycles. The zero-order valence-electron chi connectivity index (χ0n) is 20.5. The molecule has 186 valence electrons. The van der Waals surface area contributed by atoms with Gasteiger partial charge in [0.2, 0.25) is 10.0 Å². The van der Waals surface area contributed by atoms with Gasteiger partial charge in [-0.1, -0.05) is 12.1 Å². The number of hydrogen-bond acceptors (Lipinski definition) is 6. The van der Waals surface area contributed by atoms with Gasteiger partial charge in [0.15, 0.2) is 0 Å². The van der Waals surface area contributed by atoms with Crippen molar-refractivity contribution in [2.24, 2.45) is 5.73 Å². The highest BCUT2D eigenvalue weighted by Gasteiger charge is 2.51. The van der Waals surface area contributed by atoms with E-state index in [1.165, 1.54) is 0 Å². The van der Waals surface area contributed by atoms with E-state index in [-0.39, 0.29) is 22.5 Å². The zero-order chi connectivity index (χ0) is 25.4. The number of nitrogens with one attached hydrogen (secondary N) is 1. The predicted octanol–water partition coefficient (Wildman–Crippen LogP) is 3.59. The zero-order valence-corrected chi connectivity index (χ0v) is 21.3. The number of rotatable bonds is 5. The number of hydrogen-bond donors (Lipinski definition) is 2. The summed E-state index contributed by atoms with van der Waals surface area (Å²) in [5.41, 5.74) is 8.53. The Kier molecular flexibility index (Phi) is 6.66. The normalized spacial score (nSPS) is 25.6. The van der Waals surface area contributed by atoms with E-state index in [0.29, 0.717) is 30.0 Å². The van der Waals surface area contributed by atoms with E-state index >= 15 is 0 Å². The van der Waals surface area contributed by atoms with Crippen LogP contribution in [0, 0.1) is 11.3 Å². The smallest absolute Gasteiger partial charge is 0.311 e. The standard InChI is InChI=1S/C26H33N4O4S/c1-18(31)30(2,17-20-6-4-19(16-27)5-7-20)24-15-26(12-10-21(28)11-13-26)34-25-9-8-22(14-23(24)25)29-35(3,32)33/h4-9,14,21,24,29H,10-13,15,17,28H2,1-3H3/q+1. The first-order valence-electron chi connectivity index (χ1n) is 11.8. The molecule has 2 unspecified atom stereocenters. The maximum atomic E-state index is 13.3. The predicted molar refractivity (Wildman–Crippen MR) is 134 cm³/mol. The van der Waals surface area contributed by atoms with Crippen molar-refractivity contribution in [2.75, 3.05) is 18.0 Å². The Morgan fingerprint density at radius 2 is 1.89 bits per heavy atom. The van der Waals surface area contributed by atoms with Crippen LogP contribution in [0.1, 0.15) is 61.8 Å². The fourth-order valence-electron chi connectivity index (χ4n) is 5.40. The highest BCUT2D eigenvalue weighted by molar-refractivity contribution is 7.92. The van der Waals surface area contributed by atoms with E-state index < -0.39 is 15.6 Å². The molecule has 1 fully saturated rings. The second kappa shape index (κ2) is 9.26. The Balaban J connectivity index is 1.80. The molecule has 2 aliphatic rings. The first kappa shape index (κ1) is 25.2. The number of sulfonamides is 1. The van der Waals surface area contributed by atoms with Crippen molar-refractivity contribution in [3.8, 4) is 11.8 Å².